The second-order valence-electron chi connectivity index (χ2n) is 3.83. The molecule has 0 aliphatic rings. The SMILES string of the molecule is CC(C)C(N)C(=O)NCC(=O)C(N)C(N)=O. The van der Waals surface area contributed by atoms with Crippen molar-refractivity contribution >= 4 is 17.6 Å². The molecule has 2 atom stereocenters. The zero-order chi connectivity index (χ0) is 12.9. The third kappa shape index (κ3) is 4.37. The van der Waals surface area contributed by atoms with E-state index in [4.69, 9.17) is 17.2 Å². The molecule has 2 amide bonds. The van der Waals surface area contributed by atoms with Gasteiger partial charge in [-0.05, 0) is 5.92 Å². The van der Waals surface area contributed by atoms with Gasteiger partial charge in [-0.15, -0.1) is 0 Å². The molecule has 7 heteroatoms. The van der Waals surface area contributed by atoms with Crippen LogP contribution in [0.5, 0.6) is 0 Å². The van der Waals surface area contributed by atoms with Crippen molar-refractivity contribution in [2.24, 2.45) is 23.1 Å². The predicted molar refractivity (Wildman–Crippen MR) is 58.0 cm³/mol. The summed E-state index contributed by atoms with van der Waals surface area (Å²) >= 11 is 0. The number of carbonyl (C=O) groups is 3. The van der Waals surface area contributed by atoms with E-state index in [9.17, 15) is 14.4 Å². The first-order valence-corrected chi connectivity index (χ1v) is 4.88. The summed E-state index contributed by atoms with van der Waals surface area (Å²) in [6.07, 6.45) is 0. The maximum atomic E-state index is 11.3. The molecule has 0 saturated heterocycles. The van der Waals surface area contributed by atoms with Crippen LogP contribution in [0.2, 0.25) is 0 Å². The summed E-state index contributed by atoms with van der Waals surface area (Å²) in [4.78, 5) is 33.1. The number of hydrogen-bond donors (Lipinski definition) is 4. The summed E-state index contributed by atoms with van der Waals surface area (Å²) in [5, 5.41) is 2.30. The molecule has 7 nitrogen and oxygen atoms in total. The normalized spacial score (nSPS) is 14.3. The van der Waals surface area contributed by atoms with E-state index in [1.807, 2.05) is 0 Å². The van der Waals surface area contributed by atoms with Gasteiger partial charge in [-0.3, -0.25) is 14.4 Å². The van der Waals surface area contributed by atoms with E-state index in [-0.39, 0.29) is 12.5 Å². The summed E-state index contributed by atoms with van der Waals surface area (Å²) in [6.45, 7) is 3.21. The van der Waals surface area contributed by atoms with Crippen molar-refractivity contribution in [3.63, 3.8) is 0 Å². The Morgan fingerprint density at radius 2 is 1.69 bits per heavy atom. The molecule has 0 aromatic carbocycles. The van der Waals surface area contributed by atoms with Gasteiger partial charge < -0.3 is 22.5 Å². The van der Waals surface area contributed by atoms with Gasteiger partial charge in [0.15, 0.2) is 5.78 Å². The average molecular weight is 230 g/mol. The quantitative estimate of drug-likeness (QED) is 0.372. The minimum atomic E-state index is -1.39. The Kier molecular flexibility index (Phi) is 5.62. The molecule has 0 spiro atoms. The lowest BCUT2D eigenvalue weighted by atomic mass is 10.0. The number of amides is 2. The number of Topliss-reactive ketones (excluding diaryl/α,β-unsaturated/α-hetero) is 1. The van der Waals surface area contributed by atoms with Crippen LogP contribution in [0, 0.1) is 5.92 Å². The van der Waals surface area contributed by atoms with E-state index in [0.717, 1.165) is 0 Å². The summed E-state index contributed by atoms with van der Waals surface area (Å²) in [5.74, 6) is -2.07. The predicted octanol–water partition coefficient (Wildman–Crippen LogP) is -2.53. The fourth-order valence-corrected chi connectivity index (χ4v) is 0.863. The lowest BCUT2D eigenvalue weighted by Crippen LogP contribution is -2.50. The fourth-order valence-electron chi connectivity index (χ4n) is 0.863. The zero-order valence-electron chi connectivity index (χ0n) is 9.40. The first kappa shape index (κ1) is 14.5. The largest absolute Gasteiger partial charge is 0.368 e. The highest BCUT2D eigenvalue weighted by Gasteiger charge is 2.22. The van der Waals surface area contributed by atoms with Crippen LogP contribution in [0.4, 0.5) is 0 Å². The lowest BCUT2D eigenvalue weighted by Gasteiger charge is -2.15. The molecule has 0 bridgehead atoms. The molecule has 0 aromatic rings. The molecular weight excluding hydrogens is 212 g/mol. The van der Waals surface area contributed by atoms with Crippen molar-refractivity contribution in [2.45, 2.75) is 25.9 Å². The van der Waals surface area contributed by atoms with Gasteiger partial charge in [-0.25, -0.2) is 0 Å². The maximum absolute atomic E-state index is 11.3. The molecule has 0 aliphatic heterocycles. The van der Waals surface area contributed by atoms with Gasteiger partial charge in [0.1, 0.15) is 6.04 Å². The molecule has 0 aliphatic carbocycles. The Balaban J connectivity index is 4.12. The monoisotopic (exact) mass is 230 g/mol. The molecule has 0 heterocycles. The van der Waals surface area contributed by atoms with Crippen LogP contribution in [-0.4, -0.2) is 36.2 Å². The van der Waals surface area contributed by atoms with Gasteiger partial charge in [-0.1, -0.05) is 13.8 Å². The second-order valence-corrected chi connectivity index (χ2v) is 3.83. The highest BCUT2D eigenvalue weighted by Crippen LogP contribution is 1.97. The van der Waals surface area contributed by atoms with Gasteiger partial charge >= 0.3 is 0 Å². The number of primary amides is 1. The molecule has 92 valence electrons. The number of nitrogens with two attached hydrogens (primary N) is 3. The Labute approximate surface area is 93.7 Å². The van der Waals surface area contributed by atoms with Gasteiger partial charge in [0.2, 0.25) is 11.8 Å². The summed E-state index contributed by atoms with van der Waals surface area (Å²) in [7, 11) is 0. The van der Waals surface area contributed by atoms with Crippen LogP contribution in [0.3, 0.4) is 0 Å². The van der Waals surface area contributed by atoms with E-state index < -0.39 is 29.7 Å². The maximum Gasteiger partial charge on any atom is 0.242 e. The van der Waals surface area contributed by atoms with Crippen LogP contribution in [0.25, 0.3) is 0 Å². The number of hydrogen-bond acceptors (Lipinski definition) is 5. The fraction of sp³-hybridized carbons (Fsp3) is 0.667. The highest BCUT2D eigenvalue weighted by molar-refractivity contribution is 6.06. The molecule has 0 radical (unpaired) electrons. The van der Waals surface area contributed by atoms with Gasteiger partial charge in [0.05, 0.1) is 12.6 Å². The van der Waals surface area contributed by atoms with Crippen molar-refractivity contribution in [3.05, 3.63) is 0 Å². The minimum Gasteiger partial charge on any atom is -0.368 e. The van der Waals surface area contributed by atoms with E-state index in [1.54, 1.807) is 13.8 Å². The summed E-state index contributed by atoms with van der Waals surface area (Å²) in [5.41, 5.74) is 15.5. The Morgan fingerprint density at radius 1 is 1.19 bits per heavy atom. The van der Waals surface area contributed by atoms with E-state index in [1.165, 1.54) is 0 Å². The van der Waals surface area contributed by atoms with E-state index >= 15 is 0 Å². The van der Waals surface area contributed by atoms with E-state index in [2.05, 4.69) is 5.32 Å². The number of carbonyl (C=O) groups excluding carboxylic acids is 3. The van der Waals surface area contributed by atoms with Crippen LogP contribution < -0.4 is 22.5 Å². The van der Waals surface area contributed by atoms with Crippen molar-refractivity contribution in [1.82, 2.24) is 5.32 Å². The third-order valence-corrected chi connectivity index (χ3v) is 2.11. The van der Waals surface area contributed by atoms with Crippen molar-refractivity contribution in [2.75, 3.05) is 6.54 Å². The van der Waals surface area contributed by atoms with Crippen LogP contribution in [-0.2, 0) is 14.4 Å². The Hall–Kier alpha value is -1.47. The molecule has 0 saturated carbocycles. The lowest BCUT2D eigenvalue weighted by molar-refractivity contribution is -0.130. The number of ketones is 1. The first-order chi connectivity index (χ1) is 7.27. The minimum absolute atomic E-state index is 0.0417. The first-order valence-electron chi connectivity index (χ1n) is 4.88. The summed E-state index contributed by atoms with van der Waals surface area (Å²) in [6, 6.07) is -2.09. The molecule has 0 aromatic heterocycles. The van der Waals surface area contributed by atoms with Crippen LogP contribution in [0.15, 0.2) is 0 Å². The van der Waals surface area contributed by atoms with Gasteiger partial charge in [0, 0.05) is 0 Å². The summed E-state index contributed by atoms with van der Waals surface area (Å²) < 4.78 is 0. The molecule has 7 N–H and O–H groups in total. The van der Waals surface area contributed by atoms with Crippen molar-refractivity contribution in [1.29, 1.82) is 0 Å². The van der Waals surface area contributed by atoms with Crippen molar-refractivity contribution in [3.8, 4) is 0 Å². The highest BCUT2D eigenvalue weighted by atomic mass is 16.2. The van der Waals surface area contributed by atoms with Crippen LogP contribution >= 0.6 is 0 Å². The standard InChI is InChI=1S/C9H18N4O3/c1-4(2)6(10)9(16)13-3-5(14)7(11)8(12)15/h4,6-7H,3,10-11H2,1-2H3,(H2,12,15)(H,13,16). The molecule has 16 heavy (non-hydrogen) atoms. The topological polar surface area (TPSA) is 141 Å². The zero-order valence-corrected chi connectivity index (χ0v) is 9.40. The third-order valence-electron chi connectivity index (χ3n) is 2.11. The number of rotatable bonds is 6. The van der Waals surface area contributed by atoms with Gasteiger partial charge in [0.25, 0.3) is 0 Å². The second kappa shape index (κ2) is 6.19. The molecule has 0 fully saturated rings. The number of nitrogens with one attached hydrogen (secondary N) is 1. The average Bonchev–Trinajstić information content (AvgIpc) is 2.22. The Bertz CT molecular complexity index is 290. The smallest absolute Gasteiger partial charge is 0.242 e. The van der Waals surface area contributed by atoms with Crippen LogP contribution in [0.1, 0.15) is 13.8 Å². The molecule has 2 unspecified atom stereocenters. The van der Waals surface area contributed by atoms with Gasteiger partial charge in [-0.2, -0.15) is 0 Å². The molecular formula is C9H18N4O3. The Morgan fingerprint density at radius 3 is 2.06 bits per heavy atom. The molecule has 0 rings (SSSR count). The van der Waals surface area contributed by atoms with Crippen molar-refractivity contribution < 1.29 is 14.4 Å². The van der Waals surface area contributed by atoms with E-state index in [0.29, 0.717) is 0 Å².